The van der Waals surface area contributed by atoms with Crippen molar-refractivity contribution in [3.05, 3.63) is 93.0 Å². The molecule has 10 nitrogen and oxygen atoms in total. The first-order chi connectivity index (χ1) is 18.4. The molecule has 1 atom stereocenters. The van der Waals surface area contributed by atoms with E-state index in [1.165, 1.54) is 25.3 Å². The lowest BCUT2D eigenvalue weighted by Gasteiger charge is -2.37. The Kier molecular flexibility index (Phi) is 8.10. The van der Waals surface area contributed by atoms with Crippen LogP contribution in [-0.4, -0.2) is 55.7 Å². The zero-order chi connectivity index (χ0) is 27.2. The monoisotopic (exact) mass is 520 g/mol. The number of benzene rings is 3. The van der Waals surface area contributed by atoms with Gasteiger partial charge in [0.25, 0.3) is 11.6 Å². The SMILES string of the molecule is CCOC(=O)c1ccc(OC[C@@H]2c3cc(OC)c(OC)cc3CCN2C(=O)c2ccccc2[N+](=O)[O-])cc1. The maximum Gasteiger partial charge on any atom is 0.338 e. The first kappa shape index (κ1) is 26.5. The second kappa shape index (κ2) is 11.6. The van der Waals surface area contributed by atoms with Gasteiger partial charge in [0.2, 0.25) is 0 Å². The molecule has 1 heterocycles. The van der Waals surface area contributed by atoms with Gasteiger partial charge in [0, 0.05) is 12.6 Å². The Morgan fingerprint density at radius 2 is 1.71 bits per heavy atom. The van der Waals surface area contributed by atoms with Gasteiger partial charge < -0.3 is 23.8 Å². The summed E-state index contributed by atoms with van der Waals surface area (Å²) in [5, 5.41) is 11.6. The van der Waals surface area contributed by atoms with Crippen LogP contribution in [0.2, 0.25) is 0 Å². The van der Waals surface area contributed by atoms with E-state index in [0.717, 1.165) is 11.1 Å². The van der Waals surface area contributed by atoms with Crippen molar-refractivity contribution in [3.63, 3.8) is 0 Å². The fourth-order valence-electron chi connectivity index (χ4n) is 4.50. The average Bonchev–Trinajstić information content (AvgIpc) is 2.94. The number of ether oxygens (including phenoxy) is 4. The van der Waals surface area contributed by atoms with Gasteiger partial charge >= 0.3 is 5.97 Å². The van der Waals surface area contributed by atoms with Crippen LogP contribution in [0.3, 0.4) is 0 Å². The molecule has 3 aromatic carbocycles. The Balaban J connectivity index is 1.68. The third kappa shape index (κ3) is 5.39. The van der Waals surface area contributed by atoms with Crippen molar-refractivity contribution in [2.75, 3.05) is 34.0 Å². The van der Waals surface area contributed by atoms with Crippen molar-refractivity contribution < 1.29 is 33.5 Å². The maximum atomic E-state index is 13.7. The third-order valence-electron chi connectivity index (χ3n) is 6.37. The normalized spacial score (nSPS) is 14.3. The summed E-state index contributed by atoms with van der Waals surface area (Å²) in [6, 6.07) is 15.5. The fraction of sp³-hybridized carbons (Fsp3) is 0.286. The van der Waals surface area contributed by atoms with E-state index in [0.29, 0.717) is 35.8 Å². The van der Waals surface area contributed by atoms with Gasteiger partial charge in [-0.05, 0) is 66.9 Å². The summed E-state index contributed by atoms with van der Waals surface area (Å²) in [6.07, 6.45) is 0.521. The van der Waals surface area contributed by atoms with E-state index in [1.807, 2.05) is 12.1 Å². The van der Waals surface area contributed by atoms with Crippen molar-refractivity contribution in [1.29, 1.82) is 0 Å². The highest BCUT2D eigenvalue weighted by atomic mass is 16.6. The Morgan fingerprint density at radius 1 is 1.03 bits per heavy atom. The Hall–Kier alpha value is -4.60. The smallest absolute Gasteiger partial charge is 0.338 e. The molecule has 1 aliphatic heterocycles. The summed E-state index contributed by atoms with van der Waals surface area (Å²) in [7, 11) is 3.08. The van der Waals surface area contributed by atoms with Crippen molar-refractivity contribution in [2.45, 2.75) is 19.4 Å². The fourth-order valence-corrected chi connectivity index (χ4v) is 4.50. The second-order valence-corrected chi connectivity index (χ2v) is 8.50. The molecule has 198 valence electrons. The lowest BCUT2D eigenvalue weighted by molar-refractivity contribution is -0.385. The van der Waals surface area contributed by atoms with Gasteiger partial charge in [-0.15, -0.1) is 0 Å². The molecule has 0 aliphatic carbocycles. The summed E-state index contributed by atoms with van der Waals surface area (Å²) in [4.78, 5) is 38.3. The summed E-state index contributed by atoms with van der Waals surface area (Å²) in [5.41, 5.74) is 1.90. The Labute approximate surface area is 219 Å². The number of nitro groups is 1. The summed E-state index contributed by atoms with van der Waals surface area (Å²) in [6.45, 7) is 2.39. The van der Waals surface area contributed by atoms with E-state index in [-0.39, 0.29) is 24.5 Å². The minimum Gasteiger partial charge on any atom is -0.493 e. The zero-order valence-electron chi connectivity index (χ0n) is 21.3. The van der Waals surface area contributed by atoms with Gasteiger partial charge in [-0.25, -0.2) is 4.79 Å². The van der Waals surface area contributed by atoms with Gasteiger partial charge in [0.15, 0.2) is 11.5 Å². The van der Waals surface area contributed by atoms with Crippen LogP contribution in [0, 0.1) is 10.1 Å². The first-order valence-corrected chi connectivity index (χ1v) is 12.1. The quantitative estimate of drug-likeness (QED) is 0.228. The van der Waals surface area contributed by atoms with Crippen LogP contribution in [0.4, 0.5) is 5.69 Å². The van der Waals surface area contributed by atoms with E-state index in [4.69, 9.17) is 18.9 Å². The lowest BCUT2D eigenvalue weighted by Crippen LogP contribution is -2.42. The molecule has 1 amide bonds. The molecule has 0 aromatic heterocycles. The number of carbonyl (C=O) groups excluding carboxylic acids is 2. The van der Waals surface area contributed by atoms with Gasteiger partial charge in [0.05, 0.1) is 37.4 Å². The Morgan fingerprint density at radius 3 is 2.37 bits per heavy atom. The van der Waals surface area contributed by atoms with Gasteiger partial charge in [0.1, 0.15) is 17.9 Å². The molecule has 0 saturated carbocycles. The predicted molar refractivity (Wildman–Crippen MR) is 138 cm³/mol. The van der Waals surface area contributed by atoms with Crippen molar-refractivity contribution in [1.82, 2.24) is 4.90 Å². The molecule has 4 rings (SSSR count). The number of amides is 1. The number of nitrogens with zero attached hydrogens (tertiary/aromatic N) is 2. The average molecular weight is 521 g/mol. The predicted octanol–water partition coefficient (Wildman–Crippen LogP) is 4.61. The minimum atomic E-state index is -0.574. The minimum absolute atomic E-state index is 0.00483. The second-order valence-electron chi connectivity index (χ2n) is 8.50. The zero-order valence-corrected chi connectivity index (χ0v) is 21.3. The molecule has 0 unspecified atom stereocenters. The van der Waals surface area contributed by atoms with Gasteiger partial charge in [-0.2, -0.15) is 0 Å². The molecule has 0 radical (unpaired) electrons. The van der Waals surface area contributed by atoms with Crippen LogP contribution in [0.25, 0.3) is 0 Å². The first-order valence-electron chi connectivity index (χ1n) is 12.1. The van der Waals surface area contributed by atoms with Crippen molar-refractivity contribution >= 4 is 17.6 Å². The topological polar surface area (TPSA) is 117 Å². The molecule has 0 spiro atoms. The molecular formula is C28H28N2O8. The number of hydrogen-bond donors (Lipinski definition) is 0. The highest BCUT2D eigenvalue weighted by molar-refractivity contribution is 5.98. The van der Waals surface area contributed by atoms with E-state index in [2.05, 4.69) is 0 Å². The van der Waals surface area contributed by atoms with Crippen LogP contribution >= 0.6 is 0 Å². The largest absolute Gasteiger partial charge is 0.493 e. The molecule has 38 heavy (non-hydrogen) atoms. The number of para-hydroxylation sites is 1. The number of rotatable bonds is 9. The summed E-state index contributed by atoms with van der Waals surface area (Å²) in [5.74, 6) is 0.657. The maximum absolute atomic E-state index is 13.7. The van der Waals surface area contributed by atoms with Crippen LogP contribution in [-0.2, 0) is 11.2 Å². The molecule has 3 aromatic rings. The van der Waals surface area contributed by atoms with Crippen LogP contribution in [0.5, 0.6) is 17.2 Å². The lowest BCUT2D eigenvalue weighted by atomic mass is 9.91. The van der Waals surface area contributed by atoms with Gasteiger partial charge in [-0.1, -0.05) is 12.1 Å². The van der Waals surface area contributed by atoms with E-state index < -0.39 is 22.8 Å². The molecule has 0 N–H and O–H groups in total. The third-order valence-corrected chi connectivity index (χ3v) is 6.37. The number of nitro benzene ring substituents is 1. The van der Waals surface area contributed by atoms with Crippen molar-refractivity contribution in [3.8, 4) is 17.2 Å². The van der Waals surface area contributed by atoms with Crippen LogP contribution in [0.1, 0.15) is 44.8 Å². The molecule has 1 aliphatic rings. The van der Waals surface area contributed by atoms with E-state index in [9.17, 15) is 19.7 Å². The summed E-state index contributed by atoms with van der Waals surface area (Å²) >= 11 is 0. The van der Waals surface area contributed by atoms with Gasteiger partial charge in [-0.3, -0.25) is 14.9 Å². The van der Waals surface area contributed by atoms with Crippen molar-refractivity contribution in [2.24, 2.45) is 0 Å². The van der Waals surface area contributed by atoms with Crippen LogP contribution in [0.15, 0.2) is 60.7 Å². The molecular weight excluding hydrogens is 492 g/mol. The number of fused-ring (bicyclic) bond motifs is 1. The van der Waals surface area contributed by atoms with E-state index in [1.54, 1.807) is 49.3 Å². The number of hydrogen-bond acceptors (Lipinski definition) is 8. The standard InChI is InChI=1S/C28H28N2O8/c1-4-37-28(32)18-9-11-20(12-10-18)38-17-24-22-16-26(36-3)25(35-2)15-19(22)13-14-29(24)27(31)21-7-5-6-8-23(21)30(33)34/h5-12,15-16,24H,4,13-14,17H2,1-3H3/t24-/m1/s1. The summed E-state index contributed by atoms with van der Waals surface area (Å²) < 4.78 is 22.0. The highest BCUT2D eigenvalue weighted by Crippen LogP contribution is 2.39. The number of esters is 1. The number of methoxy groups -OCH3 is 2. The van der Waals surface area contributed by atoms with Crippen LogP contribution < -0.4 is 14.2 Å². The highest BCUT2D eigenvalue weighted by Gasteiger charge is 2.35. The Bertz CT molecular complexity index is 1340. The van der Waals surface area contributed by atoms with E-state index >= 15 is 0 Å². The molecule has 0 saturated heterocycles. The number of carbonyl (C=O) groups is 2. The molecule has 10 heteroatoms. The molecule has 0 fully saturated rings. The molecule has 0 bridgehead atoms.